The largest absolute Gasteiger partial charge is 0.334 e. The number of rotatable bonds is 4. The number of nitrogens with zero attached hydrogens (tertiary/aromatic N) is 2. The summed E-state index contributed by atoms with van der Waals surface area (Å²) in [6.45, 7) is 0.436. The van der Waals surface area contributed by atoms with E-state index in [-0.39, 0.29) is 6.03 Å². The van der Waals surface area contributed by atoms with Gasteiger partial charge in [-0.1, -0.05) is 18.2 Å². The van der Waals surface area contributed by atoms with E-state index in [9.17, 15) is 4.79 Å². The molecule has 2 N–H and O–H groups in total. The Morgan fingerprint density at radius 1 is 1.18 bits per heavy atom. The summed E-state index contributed by atoms with van der Waals surface area (Å²) in [5, 5.41) is 8.48. The lowest BCUT2D eigenvalue weighted by molar-refractivity contribution is 0.251. The Labute approximate surface area is 132 Å². The van der Waals surface area contributed by atoms with Crippen molar-refractivity contribution >= 4 is 23.1 Å². The molecule has 6 heteroatoms. The topological polar surface area (TPSA) is 66.9 Å². The summed E-state index contributed by atoms with van der Waals surface area (Å²) >= 11 is 1.56. The molecule has 1 aromatic carbocycles. The van der Waals surface area contributed by atoms with Crippen LogP contribution in [0.3, 0.4) is 0 Å². The number of thiazole rings is 1. The lowest BCUT2D eigenvalue weighted by Gasteiger charge is -2.08. The first-order chi connectivity index (χ1) is 10.8. The van der Waals surface area contributed by atoms with Gasteiger partial charge >= 0.3 is 6.03 Å². The third-order valence-corrected chi connectivity index (χ3v) is 3.80. The van der Waals surface area contributed by atoms with Crippen molar-refractivity contribution in [2.24, 2.45) is 0 Å². The summed E-state index contributed by atoms with van der Waals surface area (Å²) in [4.78, 5) is 20.2. The van der Waals surface area contributed by atoms with E-state index in [1.807, 2.05) is 41.8 Å². The number of amides is 2. The first-order valence-electron chi connectivity index (χ1n) is 6.75. The zero-order valence-electron chi connectivity index (χ0n) is 11.7. The third-order valence-electron chi connectivity index (χ3n) is 2.98. The van der Waals surface area contributed by atoms with Crippen LogP contribution in [-0.4, -0.2) is 16.0 Å². The highest BCUT2D eigenvalue weighted by molar-refractivity contribution is 7.13. The smallest absolute Gasteiger partial charge is 0.319 e. The maximum atomic E-state index is 11.9. The van der Waals surface area contributed by atoms with E-state index in [1.165, 1.54) is 0 Å². The van der Waals surface area contributed by atoms with Gasteiger partial charge in [-0.15, -0.1) is 11.3 Å². The number of aromatic nitrogens is 2. The van der Waals surface area contributed by atoms with E-state index in [1.54, 1.807) is 29.9 Å². The molecule has 110 valence electrons. The van der Waals surface area contributed by atoms with Crippen LogP contribution in [0.25, 0.3) is 10.6 Å². The van der Waals surface area contributed by atoms with Crippen molar-refractivity contribution in [2.45, 2.75) is 6.54 Å². The minimum Gasteiger partial charge on any atom is -0.334 e. The fraction of sp³-hybridized carbons (Fsp3) is 0.0625. The minimum atomic E-state index is -0.250. The predicted octanol–water partition coefficient (Wildman–Crippen LogP) is 3.53. The SMILES string of the molecule is O=C(NCc1cccnc1)Nc1cccc(-c2nccs2)c1. The van der Waals surface area contributed by atoms with Gasteiger partial charge in [0.2, 0.25) is 0 Å². The van der Waals surface area contributed by atoms with Crippen LogP contribution in [-0.2, 0) is 6.54 Å². The molecule has 0 bridgehead atoms. The maximum absolute atomic E-state index is 11.9. The van der Waals surface area contributed by atoms with Crippen LogP contribution in [0.5, 0.6) is 0 Å². The lowest BCUT2D eigenvalue weighted by Crippen LogP contribution is -2.28. The molecule has 0 fully saturated rings. The zero-order valence-corrected chi connectivity index (χ0v) is 12.5. The third kappa shape index (κ3) is 3.67. The summed E-state index contributed by atoms with van der Waals surface area (Å²) in [7, 11) is 0. The highest BCUT2D eigenvalue weighted by atomic mass is 32.1. The van der Waals surface area contributed by atoms with Crippen LogP contribution < -0.4 is 10.6 Å². The van der Waals surface area contributed by atoms with Gasteiger partial charge in [0.1, 0.15) is 5.01 Å². The van der Waals surface area contributed by atoms with Crippen molar-refractivity contribution in [3.63, 3.8) is 0 Å². The number of carbonyl (C=O) groups excluding carboxylic acids is 1. The van der Waals surface area contributed by atoms with Crippen LogP contribution in [0.1, 0.15) is 5.56 Å². The molecular weight excluding hydrogens is 296 g/mol. The van der Waals surface area contributed by atoms with Crippen molar-refractivity contribution in [3.8, 4) is 10.6 Å². The van der Waals surface area contributed by atoms with Gasteiger partial charge in [-0.3, -0.25) is 4.98 Å². The fourth-order valence-corrected chi connectivity index (χ4v) is 2.59. The monoisotopic (exact) mass is 310 g/mol. The summed E-state index contributed by atoms with van der Waals surface area (Å²) in [6, 6.07) is 11.1. The van der Waals surface area contributed by atoms with Gasteiger partial charge in [-0.25, -0.2) is 9.78 Å². The Morgan fingerprint density at radius 2 is 2.14 bits per heavy atom. The highest BCUT2D eigenvalue weighted by Gasteiger charge is 2.05. The van der Waals surface area contributed by atoms with Gasteiger partial charge in [0, 0.05) is 41.8 Å². The van der Waals surface area contributed by atoms with Crippen molar-refractivity contribution in [1.29, 1.82) is 0 Å². The zero-order chi connectivity index (χ0) is 15.2. The molecule has 0 atom stereocenters. The fourth-order valence-electron chi connectivity index (χ4n) is 1.96. The number of hydrogen-bond donors (Lipinski definition) is 2. The Balaban J connectivity index is 1.61. The molecule has 0 aliphatic heterocycles. The second-order valence-corrected chi connectivity index (χ2v) is 5.48. The summed E-state index contributed by atoms with van der Waals surface area (Å²) in [6.07, 6.45) is 5.19. The van der Waals surface area contributed by atoms with Crippen molar-refractivity contribution in [1.82, 2.24) is 15.3 Å². The molecule has 0 unspecified atom stereocenters. The van der Waals surface area contributed by atoms with E-state index in [0.29, 0.717) is 6.54 Å². The van der Waals surface area contributed by atoms with Crippen molar-refractivity contribution in [2.75, 3.05) is 5.32 Å². The van der Waals surface area contributed by atoms with E-state index >= 15 is 0 Å². The Hall–Kier alpha value is -2.73. The van der Waals surface area contributed by atoms with Crippen LogP contribution >= 0.6 is 11.3 Å². The highest BCUT2D eigenvalue weighted by Crippen LogP contribution is 2.24. The number of benzene rings is 1. The normalized spacial score (nSPS) is 10.2. The number of hydrogen-bond acceptors (Lipinski definition) is 4. The Morgan fingerprint density at radius 3 is 2.91 bits per heavy atom. The summed E-state index contributed by atoms with van der Waals surface area (Å²) in [5.74, 6) is 0. The van der Waals surface area contributed by atoms with Gasteiger partial charge in [0.15, 0.2) is 0 Å². The number of nitrogens with one attached hydrogen (secondary N) is 2. The molecule has 5 nitrogen and oxygen atoms in total. The Bertz CT molecular complexity index is 744. The molecule has 0 saturated heterocycles. The van der Waals surface area contributed by atoms with E-state index < -0.39 is 0 Å². The molecule has 22 heavy (non-hydrogen) atoms. The van der Waals surface area contributed by atoms with E-state index in [4.69, 9.17) is 0 Å². The second kappa shape index (κ2) is 6.82. The average Bonchev–Trinajstić information content (AvgIpc) is 3.09. The predicted molar refractivity (Wildman–Crippen MR) is 87.6 cm³/mol. The van der Waals surface area contributed by atoms with Crippen LogP contribution in [0, 0.1) is 0 Å². The van der Waals surface area contributed by atoms with Crippen LogP contribution in [0.15, 0.2) is 60.4 Å². The first kappa shape index (κ1) is 14.2. The van der Waals surface area contributed by atoms with Gasteiger partial charge in [-0.2, -0.15) is 0 Å². The molecule has 0 saturated carbocycles. The molecular formula is C16H14N4OS. The first-order valence-corrected chi connectivity index (χ1v) is 7.63. The van der Waals surface area contributed by atoms with Crippen LogP contribution in [0.2, 0.25) is 0 Å². The standard InChI is InChI=1S/C16H14N4OS/c21-16(19-11-12-3-2-6-17-10-12)20-14-5-1-4-13(9-14)15-18-7-8-22-15/h1-10H,11H2,(H2,19,20,21). The van der Waals surface area contributed by atoms with E-state index in [2.05, 4.69) is 20.6 Å². The van der Waals surface area contributed by atoms with Crippen molar-refractivity contribution in [3.05, 3.63) is 65.9 Å². The second-order valence-electron chi connectivity index (χ2n) is 4.59. The molecule has 0 aliphatic rings. The van der Waals surface area contributed by atoms with Gasteiger partial charge in [-0.05, 0) is 23.8 Å². The molecule has 3 aromatic rings. The minimum absolute atomic E-state index is 0.250. The molecule has 2 heterocycles. The van der Waals surface area contributed by atoms with Gasteiger partial charge in [0.05, 0.1) is 0 Å². The summed E-state index contributed by atoms with van der Waals surface area (Å²) in [5.41, 5.74) is 2.67. The molecule has 0 spiro atoms. The molecule has 0 radical (unpaired) electrons. The molecule has 3 rings (SSSR count). The van der Waals surface area contributed by atoms with Gasteiger partial charge in [0.25, 0.3) is 0 Å². The maximum Gasteiger partial charge on any atom is 0.319 e. The lowest BCUT2D eigenvalue weighted by atomic mass is 10.2. The number of anilines is 1. The molecule has 0 aliphatic carbocycles. The number of urea groups is 1. The van der Waals surface area contributed by atoms with Crippen LogP contribution in [0.4, 0.5) is 10.5 Å². The average molecular weight is 310 g/mol. The van der Waals surface area contributed by atoms with E-state index in [0.717, 1.165) is 21.8 Å². The number of carbonyl (C=O) groups is 1. The Kier molecular flexibility index (Phi) is 4.41. The number of pyridine rings is 1. The molecule has 2 amide bonds. The van der Waals surface area contributed by atoms with Gasteiger partial charge < -0.3 is 10.6 Å². The quantitative estimate of drug-likeness (QED) is 0.774. The summed E-state index contributed by atoms with van der Waals surface area (Å²) < 4.78 is 0. The molecule has 2 aromatic heterocycles. The van der Waals surface area contributed by atoms with Crippen molar-refractivity contribution < 1.29 is 4.79 Å².